The summed E-state index contributed by atoms with van der Waals surface area (Å²) >= 11 is 0. The molecule has 0 fully saturated rings. The Balaban J connectivity index is 2.14. The van der Waals surface area contributed by atoms with E-state index in [1.165, 1.54) is 0 Å². The van der Waals surface area contributed by atoms with E-state index in [0.717, 1.165) is 30.2 Å². The van der Waals surface area contributed by atoms with Gasteiger partial charge in [0.1, 0.15) is 0 Å². The Hall–Kier alpha value is -3.16. The van der Waals surface area contributed by atoms with Crippen LogP contribution in [-0.4, -0.2) is 35.9 Å². The topological polar surface area (TPSA) is 61.8 Å². The molecule has 1 amide bonds. The molecule has 1 heterocycles. The van der Waals surface area contributed by atoms with Crippen LogP contribution in [0.15, 0.2) is 36.4 Å². The highest BCUT2D eigenvalue weighted by atomic mass is 19.4. The maximum Gasteiger partial charge on any atom is 0.416 e. The molecule has 2 aromatic carbocycles. The zero-order chi connectivity index (χ0) is 27.8. The van der Waals surface area contributed by atoms with E-state index in [4.69, 9.17) is 4.74 Å². The smallest absolute Gasteiger partial charge is 0.416 e. The van der Waals surface area contributed by atoms with Gasteiger partial charge in [-0.25, -0.2) is 4.79 Å². The summed E-state index contributed by atoms with van der Waals surface area (Å²) < 4.78 is 125. The van der Waals surface area contributed by atoms with Gasteiger partial charge in [-0.3, -0.25) is 4.90 Å². The molecule has 0 bridgehead atoms. The molecule has 1 aliphatic rings. The van der Waals surface area contributed by atoms with Crippen LogP contribution in [-0.2, 0) is 29.8 Å². The molecule has 0 aliphatic carbocycles. The van der Waals surface area contributed by atoms with Gasteiger partial charge in [0.05, 0.1) is 29.8 Å². The molecule has 37 heavy (non-hydrogen) atoms. The summed E-state index contributed by atoms with van der Waals surface area (Å²) in [4.78, 5) is 13.5. The van der Waals surface area contributed by atoms with Crippen LogP contribution in [0.1, 0.15) is 46.7 Å². The predicted octanol–water partition coefficient (Wildman–Crippen LogP) is 6.62. The normalized spacial score (nSPS) is 18.1. The number of aliphatic hydroxyl groups is 1. The summed E-state index contributed by atoms with van der Waals surface area (Å²) in [6.07, 6.45) is -16.2. The van der Waals surface area contributed by atoms with Crippen LogP contribution in [0.3, 0.4) is 0 Å². The van der Waals surface area contributed by atoms with E-state index in [9.17, 15) is 49.4 Å². The van der Waals surface area contributed by atoms with E-state index in [1.54, 1.807) is 0 Å². The Morgan fingerprint density at radius 1 is 0.946 bits per heavy atom. The number of nitrogens with one attached hydrogen (secondary N) is 1. The van der Waals surface area contributed by atoms with Crippen LogP contribution in [0.2, 0.25) is 0 Å². The van der Waals surface area contributed by atoms with Gasteiger partial charge in [0.2, 0.25) is 0 Å². The number of aliphatic hydroxyl groups excluding tert-OH is 1. The molecule has 0 saturated heterocycles. The van der Waals surface area contributed by atoms with Gasteiger partial charge in [0.25, 0.3) is 0 Å². The van der Waals surface area contributed by atoms with E-state index < -0.39 is 65.5 Å². The quantitative estimate of drug-likeness (QED) is 0.416. The molecule has 1 aliphatic heterocycles. The van der Waals surface area contributed by atoms with Gasteiger partial charge in [0.15, 0.2) is 0 Å². The molecule has 0 aromatic heterocycles. The summed E-state index contributed by atoms with van der Waals surface area (Å²) in [5.74, 6) is 0. The van der Waals surface area contributed by atoms with E-state index in [1.807, 2.05) is 0 Å². The zero-order valence-corrected chi connectivity index (χ0v) is 19.1. The highest BCUT2D eigenvalue weighted by Crippen LogP contribution is 2.43. The number of hydrogen-bond acceptors (Lipinski definition) is 4. The Morgan fingerprint density at radius 3 is 2.00 bits per heavy atom. The van der Waals surface area contributed by atoms with Crippen LogP contribution in [0.5, 0.6) is 0 Å². The molecule has 0 unspecified atom stereocenters. The fourth-order valence-corrected chi connectivity index (χ4v) is 4.19. The van der Waals surface area contributed by atoms with Crippen molar-refractivity contribution in [2.75, 3.05) is 19.0 Å². The maximum atomic E-state index is 13.4. The van der Waals surface area contributed by atoms with Crippen LogP contribution >= 0.6 is 0 Å². The summed E-state index contributed by atoms with van der Waals surface area (Å²) in [6, 6.07) is 1.65. The van der Waals surface area contributed by atoms with Crippen molar-refractivity contribution >= 4 is 11.8 Å². The number of hydrogen-bond donors (Lipinski definition) is 2. The summed E-state index contributed by atoms with van der Waals surface area (Å²) in [5.41, 5.74) is -4.73. The standard InChI is InChI=1S/C23H21F9N2O3/c1-37-20(36)34(11-12-6-14(22(27,28)29)8-15(7-12)23(30,31)32)19-10-16(4-5-35)33-18-3-2-13(9-17(18)19)21(24,25)26/h2-3,6-9,16,19,33,35H,4-5,10-11H2,1H3/t16-,19+/m1/s1. The second-order valence-electron chi connectivity index (χ2n) is 8.42. The number of rotatable bonds is 5. The number of methoxy groups -OCH3 is 1. The predicted molar refractivity (Wildman–Crippen MR) is 112 cm³/mol. The number of halogens is 9. The Morgan fingerprint density at radius 2 is 1.51 bits per heavy atom. The minimum absolute atomic E-state index is 0.0579. The van der Waals surface area contributed by atoms with Crippen molar-refractivity contribution in [1.29, 1.82) is 0 Å². The molecule has 0 saturated carbocycles. The van der Waals surface area contributed by atoms with Crippen LogP contribution in [0.4, 0.5) is 50.0 Å². The molecule has 0 spiro atoms. The van der Waals surface area contributed by atoms with E-state index >= 15 is 0 Å². The minimum Gasteiger partial charge on any atom is -0.453 e. The molecule has 3 rings (SSSR count). The Bertz CT molecular complexity index is 1100. The molecule has 2 atom stereocenters. The van der Waals surface area contributed by atoms with Crippen LogP contribution in [0, 0.1) is 0 Å². The molecular formula is C23H21F9N2O3. The SMILES string of the molecule is COC(=O)N(Cc1cc(C(F)(F)F)cc(C(F)(F)F)c1)[C@H]1C[C@@H](CCO)Nc2ccc(C(F)(F)F)cc21. The fraction of sp³-hybridized carbons (Fsp3) is 0.435. The van der Waals surface area contributed by atoms with Crippen LogP contribution < -0.4 is 5.32 Å². The van der Waals surface area contributed by atoms with E-state index in [-0.39, 0.29) is 36.8 Å². The average molecular weight is 544 g/mol. The first kappa shape index (κ1) is 28.4. The number of ether oxygens (including phenoxy) is 1. The number of carbonyl (C=O) groups is 1. The number of benzene rings is 2. The minimum atomic E-state index is -5.14. The number of fused-ring (bicyclic) bond motifs is 1. The van der Waals surface area contributed by atoms with E-state index in [2.05, 4.69) is 5.32 Å². The Labute approximate surface area is 204 Å². The van der Waals surface area contributed by atoms with Gasteiger partial charge in [-0.15, -0.1) is 0 Å². The van der Waals surface area contributed by atoms with Crippen molar-refractivity contribution in [2.45, 2.75) is 50.0 Å². The summed E-state index contributed by atoms with van der Waals surface area (Å²) in [5, 5.41) is 12.3. The first-order valence-corrected chi connectivity index (χ1v) is 10.8. The number of anilines is 1. The largest absolute Gasteiger partial charge is 0.453 e. The van der Waals surface area contributed by atoms with Gasteiger partial charge in [-0.2, -0.15) is 39.5 Å². The number of amides is 1. The molecule has 14 heteroatoms. The second-order valence-corrected chi connectivity index (χ2v) is 8.42. The van der Waals surface area contributed by atoms with E-state index in [0.29, 0.717) is 12.1 Å². The maximum absolute atomic E-state index is 13.4. The first-order valence-electron chi connectivity index (χ1n) is 10.8. The van der Waals surface area contributed by atoms with Crippen molar-refractivity contribution in [3.63, 3.8) is 0 Å². The Kier molecular flexibility index (Phi) is 7.91. The molecular weight excluding hydrogens is 523 g/mol. The molecule has 2 aromatic rings. The third kappa shape index (κ3) is 6.59. The lowest BCUT2D eigenvalue weighted by molar-refractivity contribution is -0.143. The molecule has 5 nitrogen and oxygen atoms in total. The third-order valence-electron chi connectivity index (χ3n) is 5.87. The second kappa shape index (κ2) is 10.3. The molecule has 2 N–H and O–H groups in total. The van der Waals surface area contributed by atoms with Gasteiger partial charge >= 0.3 is 24.6 Å². The lowest BCUT2D eigenvalue weighted by Crippen LogP contribution is -2.41. The number of carbonyl (C=O) groups excluding carboxylic acids is 1. The lowest BCUT2D eigenvalue weighted by atomic mass is 9.89. The van der Waals surface area contributed by atoms with Gasteiger partial charge < -0.3 is 15.2 Å². The van der Waals surface area contributed by atoms with Gasteiger partial charge in [-0.1, -0.05) is 0 Å². The lowest BCUT2D eigenvalue weighted by Gasteiger charge is -2.39. The van der Waals surface area contributed by atoms with Crippen molar-refractivity contribution in [1.82, 2.24) is 4.90 Å². The first-order chi connectivity index (χ1) is 17.0. The van der Waals surface area contributed by atoms with Crippen LogP contribution in [0.25, 0.3) is 0 Å². The summed E-state index contributed by atoms with van der Waals surface area (Å²) in [6.45, 7) is -1.16. The molecule has 0 radical (unpaired) electrons. The zero-order valence-electron chi connectivity index (χ0n) is 19.1. The van der Waals surface area contributed by atoms with Crippen molar-refractivity contribution in [3.8, 4) is 0 Å². The number of nitrogens with zero attached hydrogens (tertiary/aromatic N) is 1. The average Bonchev–Trinajstić information content (AvgIpc) is 2.79. The van der Waals surface area contributed by atoms with Gasteiger partial charge in [-0.05, 0) is 60.4 Å². The fourth-order valence-electron chi connectivity index (χ4n) is 4.19. The highest BCUT2D eigenvalue weighted by molar-refractivity contribution is 5.70. The molecule has 204 valence electrons. The highest BCUT2D eigenvalue weighted by Gasteiger charge is 2.40. The third-order valence-corrected chi connectivity index (χ3v) is 5.87. The van der Waals surface area contributed by atoms with Crippen molar-refractivity contribution in [3.05, 3.63) is 64.2 Å². The summed E-state index contributed by atoms with van der Waals surface area (Å²) in [7, 11) is 0.919. The monoisotopic (exact) mass is 544 g/mol. The van der Waals surface area contributed by atoms with Crippen molar-refractivity contribution in [2.24, 2.45) is 0 Å². The number of alkyl halides is 9. The van der Waals surface area contributed by atoms with Crippen molar-refractivity contribution < 1.29 is 54.2 Å². The van der Waals surface area contributed by atoms with Gasteiger partial charge in [0, 0.05) is 24.9 Å².